The maximum absolute atomic E-state index is 12.7. The van der Waals surface area contributed by atoms with E-state index in [9.17, 15) is 18.4 Å². The number of methoxy groups -OCH3 is 1. The molecule has 1 saturated carbocycles. The number of hydrogen-bond acceptors (Lipinski definition) is 8. The normalized spacial score (nSPS) is 13.7. The molecule has 39 heavy (non-hydrogen) atoms. The van der Waals surface area contributed by atoms with Crippen LogP contribution in [0.5, 0.6) is 11.5 Å². The summed E-state index contributed by atoms with van der Waals surface area (Å²) in [6.07, 6.45) is 4.55. The molecule has 0 atom stereocenters. The standard InChI is InChI=1S/C20H23F2N3O4.C3H8.C2H5NO2.C2H6/c21-20(22)29-14-6-5-13(9-15(14)27-11-12-3-4-12)18-24-17(16(10-23)28-18)19(26)25-7-1-2-8-25;1-3-2;1-5-2(3)4;1-2/h5-6,9,12,20H,1-4,7-8,10-11,23H2;3H2,1-2H3;1H3,(H2,3,4);1-2H3. The highest BCUT2D eigenvalue weighted by atomic mass is 19.3. The van der Waals surface area contributed by atoms with E-state index in [1.807, 2.05) is 13.8 Å². The molecule has 2 aliphatic rings. The van der Waals surface area contributed by atoms with Crippen molar-refractivity contribution in [2.75, 3.05) is 26.8 Å². The minimum Gasteiger partial charge on any atom is -0.489 e. The minimum absolute atomic E-state index is 0.0273. The van der Waals surface area contributed by atoms with E-state index in [4.69, 9.17) is 14.9 Å². The van der Waals surface area contributed by atoms with Crippen molar-refractivity contribution < 1.29 is 37.0 Å². The third-order valence-corrected chi connectivity index (χ3v) is 5.26. The molecule has 2 amide bonds. The number of aromatic nitrogens is 1. The summed E-state index contributed by atoms with van der Waals surface area (Å²) in [7, 11) is 1.22. The Balaban J connectivity index is 0.000000663. The van der Waals surface area contributed by atoms with Gasteiger partial charge in [0, 0.05) is 18.7 Å². The van der Waals surface area contributed by atoms with E-state index in [0.29, 0.717) is 36.9 Å². The topological polar surface area (TPSA) is 143 Å². The number of oxazole rings is 1. The molecule has 0 radical (unpaired) electrons. The molecule has 0 bridgehead atoms. The maximum atomic E-state index is 12.7. The second-order valence-electron chi connectivity index (χ2n) is 8.52. The second kappa shape index (κ2) is 18.0. The molecule has 220 valence electrons. The van der Waals surface area contributed by atoms with E-state index in [1.165, 1.54) is 31.7 Å². The zero-order valence-corrected chi connectivity index (χ0v) is 23.5. The van der Waals surface area contributed by atoms with Crippen LogP contribution in [0.25, 0.3) is 11.5 Å². The predicted octanol–water partition coefficient (Wildman–Crippen LogP) is 5.58. The highest BCUT2D eigenvalue weighted by molar-refractivity contribution is 5.94. The quantitative estimate of drug-likeness (QED) is 0.429. The summed E-state index contributed by atoms with van der Waals surface area (Å²) in [5.74, 6) is 0.852. The van der Waals surface area contributed by atoms with Gasteiger partial charge in [0.15, 0.2) is 23.0 Å². The summed E-state index contributed by atoms with van der Waals surface area (Å²) in [6, 6.07) is 4.46. The fraction of sp³-hybridized carbons (Fsp3) is 0.593. The van der Waals surface area contributed by atoms with Crippen molar-refractivity contribution in [3.05, 3.63) is 29.7 Å². The molecule has 2 aromatic rings. The van der Waals surface area contributed by atoms with E-state index in [0.717, 1.165) is 25.7 Å². The first kappa shape index (κ1) is 33.6. The summed E-state index contributed by atoms with van der Waals surface area (Å²) in [6.45, 7) is 7.12. The Morgan fingerprint density at radius 2 is 1.74 bits per heavy atom. The Morgan fingerprint density at radius 1 is 1.15 bits per heavy atom. The SMILES string of the molecule is CC.CCC.COC(N)=O.NCc1oc(-c2ccc(OC(F)F)c(OCC3CC3)c2)nc1C(=O)N1CCCC1. The fourth-order valence-electron chi connectivity index (χ4n) is 3.29. The van der Waals surface area contributed by atoms with Gasteiger partial charge in [-0.25, -0.2) is 9.78 Å². The van der Waals surface area contributed by atoms with Crippen LogP contribution in [-0.4, -0.2) is 55.3 Å². The number of ether oxygens (including phenoxy) is 3. The number of alkyl halides is 2. The molecule has 1 aliphatic carbocycles. The fourth-order valence-corrected chi connectivity index (χ4v) is 3.29. The Hall–Kier alpha value is -3.41. The van der Waals surface area contributed by atoms with Crippen LogP contribution >= 0.6 is 0 Å². The average Bonchev–Trinajstić information content (AvgIpc) is 3.40. The van der Waals surface area contributed by atoms with Crippen molar-refractivity contribution in [1.29, 1.82) is 0 Å². The van der Waals surface area contributed by atoms with Crippen molar-refractivity contribution >= 4 is 12.0 Å². The average molecular weight is 557 g/mol. The van der Waals surface area contributed by atoms with Crippen LogP contribution in [0.3, 0.4) is 0 Å². The Morgan fingerprint density at radius 3 is 2.23 bits per heavy atom. The van der Waals surface area contributed by atoms with Crippen LogP contribution in [0.4, 0.5) is 13.6 Å². The summed E-state index contributed by atoms with van der Waals surface area (Å²) < 4.78 is 45.3. The van der Waals surface area contributed by atoms with Gasteiger partial charge in [0.25, 0.3) is 5.91 Å². The van der Waals surface area contributed by atoms with Gasteiger partial charge in [0.1, 0.15) is 0 Å². The smallest absolute Gasteiger partial charge is 0.404 e. The molecule has 2 heterocycles. The maximum Gasteiger partial charge on any atom is 0.404 e. The largest absolute Gasteiger partial charge is 0.489 e. The van der Waals surface area contributed by atoms with E-state index in [1.54, 1.807) is 4.90 Å². The number of carbonyl (C=O) groups is 2. The highest BCUT2D eigenvalue weighted by Crippen LogP contribution is 2.36. The summed E-state index contributed by atoms with van der Waals surface area (Å²) in [5, 5.41) is 0. The van der Waals surface area contributed by atoms with Gasteiger partial charge in [0.2, 0.25) is 5.89 Å². The first-order valence-corrected chi connectivity index (χ1v) is 13.3. The number of benzene rings is 1. The van der Waals surface area contributed by atoms with Crippen molar-refractivity contribution in [2.24, 2.45) is 17.4 Å². The number of nitrogens with zero attached hydrogens (tertiary/aromatic N) is 2. The molecule has 4 N–H and O–H groups in total. The zero-order chi connectivity index (χ0) is 29.4. The van der Waals surface area contributed by atoms with Crippen LogP contribution in [0.2, 0.25) is 0 Å². The lowest BCUT2D eigenvalue weighted by Crippen LogP contribution is -2.29. The first-order valence-electron chi connectivity index (χ1n) is 13.3. The van der Waals surface area contributed by atoms with Crippen molar-refractivity contribution in [2.45, 2.75) is 73.0 Å². The lowest BCUT2D eigenvalue weighted by molar-refractivity contribution is -0.0515. The molecule has 2 fully saturated rings. The van der Waals surface area contributed by atoms with Crippen LogP contribution in [0, 0.1) is 5.92 Å². The van der Waals surface area contributed by atoms with E-state index < -0.39 is 12.7 Å². The van der Waals surface area contributed by atoms with Gasteiger partial charge in [-0.1, -0.05) is 34.1 Å². The third-order valence-electron chi connectivity index (χ3n) is 5.26. The number of hydrogen-bond donors (Lipinski definition) is 2. The van der Waals surface area contributed by atoms with Gasteiger partial charge in [-0.05, 0) is 49.8 Å². The number of primary amides is 1. The minimum atomic E-state index is -2.96. The Kier molecular flexibility index (Phi) is 15.5. The van der Waals surface area contributed by atoms with Crippen LogP contribution in [-0.2, 0) is 11.3 Å². The monoisotopic (exact) mass is 556 g/mol. The molecule has 1 aromatic heterocycles. The molecule has 0 spiro atoms. The van der Waals surface area contributed by atoms with Crippen LogP contribution in [0.1, 0.15) is 76.0 Å². The Bertz CT molecular complexity index is 1010. The summed E-state index contributed by atoms with van der Waals surface area (Å²) in [5.41, 5.74) is 10.9. The molecule has 0 unspecified atom stereocenters. The number of halogens is 2. The molecule has 4 rings (SSSR count). The highest BCUT2D eigenvalue weighted by Gasteiger charge is 2.27. The Labute approximate surface area is 229 Å². The predicted molar refractivity (Wildman–Crippen MR) is 144 cm³/mol. The number of amides is 2. The molecular formula is C27H42F2N4O6. The first-order chi connectivity index (χ1) is 18.7. The number of rotatable bonds is 8. The van der Waals surface area contributed by atoms with Gasteiger partial charge in [-0.3, -0.25) is 4.79 Å². The van der Waals surface area contributed by atoms with Crippen LogP contribution < -0.4 is 20.9 Å². The van der Waals surface area contributed by atoms with E-state index in [-0.39, 0.29) is 35.5 Å². The molecule has 1 aromatic carbocycles. The lowest BCUT2D eigenvalue weighted by atomic mass is 10.2. The molecular weight excluding hydrogens is 514 g/mol. The number of nitrogens with two attached hydrogens (primary N) is 2. The van der Waals surface area contributed by atoms with Crippen molar-refractivity contribution in [3.63, 3.8) is 0 Å². The molecule has 1 aliphatic heterocycles. The number of likely N-dealkylation sites (tertiary alicyclic amines) is 1. The summed E-state index contributed by atoms with van der Waals surface area (Å²) >= 11 is 0. The third kappa shape index (κ3) is 11.5. The zero-order valence-electron chi connectivity index (χ0n) is 23.5. The van der Waals surface area contributed by atoms with E-state index in [2.05, 4.69) is 34.0 Å². The van der Waals surface area contributed by atoms with Gasteiger partial charge in [0.05, 0.1) is 20.3 Å². The molecule has 1 saturated heterocycles. The summed E-state index contributed by atoms with van der Waals surface area (Å²) in [4.78, 5) is 28.2. The lowest BCUT2D eigenvalue weighted by Gasteiger charge is -2.13. The second-order valence-corrected chi connectivity index (χ2v) is 8.52. The number of carbonyl (C=O) groups excluding carboxylic acids is 2. The van der Waals surface area contributed by atoms with Crippen molar-refractivity contribution in [3.8, 4) is 23.0 Å². The van der Waals surface area contributed by atoms with Gasteiger partial charge < -0.3 is 35.0 Å². The molecule has 10 nitrogen and oxygen atoms in total. The molecule has 12 heteroatoms. The van der Waals surface area contributed by atoms with Gasteiger partial charge >= 0.3 is 12.7 Å². The van der Waals surface area contributed by atoms with Gasteiger partial charge in [-0.15, -0.1) is 0 Å². The van der Waals surface area contributed by atoms with Crippen molar-refractivity contribution in [1.82, 2.24) is 9.88 Å². The van der Waals surface area contributed by atoms with Crippen LogP contribution in [0.15, 0.2) is 22.6 Å². The van der Waals surface area contributed by atoms with Gasteiger partial charge in [-0.2, -0.15) is 8.78 Å². The van der Waals surface area contributed by atoms with E-state index >= 15 is 0 Å².